The third-order valence-electron chi connectivity index (χ3n) is 3.78. The van der Waals surface area contributed by atoms with Gasteiger partial charge in [-0.05, 0) is 44.2 Å². The Kier molecular flexibility index (Phi) is 3.56. The van der Waals surface area contributed by atoms with Crippen molar-refractivity contribution in [2.75, 3.05) is 11.4 Å². The first-order chi connectivity index (χ1) is 8.54. The number of rotatable bonds is 2. The number of aryl methyl sites for hydroxylation is 2. The average Bonchev–Trinajstić information content (AvgIpc) is 2.76. The Balaban J connectivity index is 2.47. The van der Waals surface area contributed by atoms with Crippen LogP contribution in [0, 0.1) is 31.1 Å². The normalized spacial score (nSPS) is 19.3. The minimum Gasteiger partial charge on any atom is -0.352 e. The molecule has 0 bridgehead atoms. The van der Waals surface area contributed by atoms with E-state index in [4.69, 9.17) is 0 Å². The third kappa shape index (κ3) is 2.20. The lowest BCUT2D eigenvalue weighted by molar-refractivity contribution is 0.489. The minimum atomic E-state index is 0.519. The molecule has 0 radical (unpaired) electrons. The van der Waals surface area contributed by atoms with Gasteiger partial charge in [0.25, 0.3) is 0 Å². The van der Waals surface area contributed by atoms with Gasteiger partial charge in [0.05, 0.1) is 5.56 Å². The summed E-state index contributed by atoms with van der Waals surface area (Å²) in [5.41, 5.74) is 2.78. The molecule has 1 atom stereocenters. The van der Waals surface area contributed by atoms with Crippen LogP contribution >= 0.6 is 0 Å². The molecule has 1 unspecified atom stereocenters. The molecule has 1 saturated heterocycles. The molecule has 0 saturated carbocycles. The monoisotopic (exact) mass is 243 g/mol. The molecule has 2 heterocycles. The molecule has 1 aliphatic rings. The highest BCUT2D eigenvalue weighted by atomic mass is 15.2. The van der Waals surface area contributed by atoms with Crippen molar-refractivity contribution in [3.05, 3.63) is 22.9 Å². The molecule has 1 aliphatic heterocycles. The van der Waals surface area contributed by atoms with Crippen LogP contribution < -0.4 is 4.90 Å². The molecule has 0 amide bonds. The van der Waals surface area contributed by atoms with Gasteiger partial charge in [-0.3, -0.25) is 0 Å². The van der Waals surface area contributed by atoms with Gasteiger partial charge in [0.2, 0.25) is 0 Å². The zero-order chi connectivity index (χ0) is 13.3. The molecule has 0 spiro atoms. The number of anilines is 1. The fraction of sp³-hybridized carbons (Fsp3) is 0.600. The summed E-state index contributed by atoms with van der Waals surface area (Å²) in [4.78, 5) is 6.96. The van der Waals surface area contributed by atoms with Crippen LogP contribution in [0.2, 0.25) is 0 Å². The van der Waals surface area contributed by atoms with E-state index in [1.807, 2.05) is 19.9 Å². The first kappa shape index (κ1) is 12.9. The van der Waals surface area contributed by atoms with Crippen molar-refractivity contribution >= 4 is 5.82 Å². The lowest BCUT2D eigenvalue weighted by atomic mass is 10.0. The Morgan fingerprint density at radius 3 is 2.78 bits per heavy atom. The standard InChI is InChI=1S/C15H21N3/c1-10(2)14-6-5-7-18(14)15-13(9-16)11(3)8-12(4)17-15/h8,10,14H,5-7H2,1-4H3. The molecule has 2 rings (SSSR count). The van der Waals surface area contributed by atoms with Crippen LogP contribution in [0.3, 0.4) is 0 Å². The smallest absolute Gasteiger partial charge is 0.147 e. The van der Waals surface area contributed by atoms with Gasteiger partial charge in [0, 0.05) is 18.3 Å². The maximum absolute atomic E-state index is 9.36. The minimum absolute atomic E-state index is 0.519. The molecular weight excluding hydrogens is 222 g/mol. The highest BCUT2D eigenvalue weighted by Gasteiger charge is 2.30. The van der Waals surface area contributed by atoms with Gasteiger partial charge in [-0.2, -0.15) is 5.26 Å². The van der Waals surface area contributed by atoms with Crippen molar-refractivity contribution < 1.29 is 0 Å². The summed E-state index contributed by atoms with van der Waals surface area (Å²) in [6.45, 7) is 9.51. The van der Waals surface area contributed by atoms with E-state index in [2.05, 4.69) is 29.8 Å². The van der Waals surface area contributed by atoms with E-state index >= 15 is 0 Å². The zero-order valence-corrected chi connectivity index (χ0v) is 11.7. The third-order valence-corrected chi connectivity index (χ3v) is 3.78. The Labute approximate surface area is 109 Å². The fourth-order valence-corrected chi connectivity index (χ4v) is 2.91. The van der Waals surface area contributed by atoms with Gasteiger partial charge in [-0.25, -0.2) is 4.98 Å². The average molecular weight is 243 g/mol. The lowest BCUT2D eigenvalue weighted by Gasteiger charge is -2.30. The maximum atomic E-state index is 9.36. The Hall–Kier alpha value is -1.56. The number of nitrogens with zero attached hydrogens (tertiary/aromatic N) is 3. The molecule has 1 aromatic rings. The SMILES string of the molecule is Cc1cc(C)c(C#N)c(N2CCCC2C(C)C)n1. The summed E-state index contributed by atoms with van der Waals surface area (Å²) in [5, 5.41) is 9.36. The Bertz CT molecular complexity index is 485. The second-order valence-corrected chi connectivity index (χ2v) is 5.54. The molecule has 0 aliphatic carbocycles. The van der Waals surface area contributed by atoms with Crippen LogP contribution in [-0.4, -0.2) is 17.6 Å². The van der Waals surface area contributed by atoms with Crippen molar-refractivity contribution in [2.24, 2.45) is 5.92 Å². The molecule has 0 N–H and O–H groups in total. The predicted octanol–water partition coefficient (Wildman–Crippen LogP) is 3.19. The summed E-state index contributed by atoms with van der Waals surface area (Å²) in [6.07, 6.45) is 2.40. The highest BCUT2D eigenvalue weighted by molar-refractivity contribution is 5.59. The molecule has 3 nitrogen and oxygen atoms in total. The van der Waals surface area contributed by atoms with E-state index < -0.39 is 0 Å². The molecule has 96 valence electrons. The summed E-state index contributed by atoms with van der Waals surface area (Å²) >= 11 is 0. The molecule has 1 fully saturated rings. The molecule has 0 aromatic carbocycles. The van der Waals surface area contributed by atoms with Crippen molar-refractivity contribution in [3.8, 4) is 6.07 Å². The summed E-state index contributed by atoms with van der Waals surface area (Å²) in [5.74, 6) is 1.49. The van der Waals surface area contributed by atoms with Crippen molar-refractivity contribution in [1.29, 1.82) is 5.26 Å². The van der Waals surface area contributed by atoms with Crippen molar-refractivity contribution in [3.63, 3.8) is 0 Å². The summed E-state index contributed by atoms with van der Waals surface area (Å²) < 4.78 is 0. The van der Waals surface area contributed by atoms with E-state index in [-0.39, 0.29) is 0 Å². The maximum Gasteiger partial charge on any atom is 0.147 e. The van der Waals surface area contributed by atoms with Crippen LogP contribution in [0.15, 0.2) is 6.07 Å². The largest absolute Gasteiger partial charge is 0.352 e. The first-order valence-electron chi connectivity index (χ1n) is 6.69. The summed E-state index contributed by atoms with van der Waals surface area (Å²) in [6, 6.07) is 4.83. The molecule has 3 heteroatoms. The van der Waals surface area contributed by atoms with Crippen LogP contribution in [0.5, 0.6) is 0 Å². The van der Waals surface area contributed by atoms with E-state index in [9.17, 15) is 5.26 Å². The van der Waals surface area contributed by atoms with Gasteiger partial charge < -0.3 is 4.90 Å². The van der Waals surface area contributed by atoms with Crippen LogP contribution in [0.1, 0.15) is 43.5 Å². The number of pyridine rings is 1. The molecule has 1 aromatic heterocycles. The number of aromatic nitrogens is 1. The Morgan fingerprint density at radius 2 is 2.17 bits per heavy atom. The van der Waals surface area contributed by atoms with Crippen LogP contribution in [0.25, 0.3) is 0 Å². The fourth-order valence-electron chi connectivity index (χ4n) is 2.91. The van der Waals surface area contributed by atoms with E-state index in [1.54, 1.807) is 0 Å². The first-order valence-corrected chi connectivity index (χ1v) is 6.69. The molecule has 18 heavy (non-hydrogen) atoms. The van der Waals surface area contributed by atoms with E-state index in [1.165, 1.54) is 12.8 Å². The number of nitriles is 1. The summed E-state index contributed by atoms with van der Waals surface area (Å²) in [7, 11) is 0. The van der Waals surface area contributed by atoms with Crippen LogP contribution in [-0.2, 0) is 0 Å². The van der Waals surface area contributed by atoms with Gasteiger partial charge in [0.15, 0.2) is 0 Å². The van der Waals surface area contributed by atoms with Gasteiger partial charge >= 0.3 is 0 Å². The lowest BCUT2D eigenvalue weighted by Crippen LogP contribution is -2.34. The predicted molar refractivity (Wildman–Crippen MR) is 73.6 cm³/mol. The number of hydrogen-bond acceptors (Lipinski definition) is 3. The van der Waals surface area contributed by atoms with Crippen molar-refractivity contribution in [1.82, 2.24) is 4.98 Å². The van der Waals surface area contributed by atoms with Gasteiger partial charge in [0.1, 0.15) is 11.9 Å². The van der Waals surface area contributed by atoms with E-state index in [0.717, 1.165) is 29.2 Å². The Morgan fingerprint density at radius 1 is 1.44 bits per heavy atom. The van der Waals surface area contributed by atoms with Gasteiger partial charge in [-0.15, -0.1) is 0 Å². The van der Waals surface area contributed by atoms with E-state index in [0.29, 0.717) is 12.0 Å². The number of hydrogen-bond donors (Lipinski definition) is 0. The second-order valence-electron chi connectivity index (χ2n) is 5.54. The second kappa shape index (κ2) is 4.97. The van der Waals surface area contributed by atoms with Crippen LogP contribution in [0.4, 0.5) is 5.82 Å². The zero-order valence-electron chi connectivity index (χ0n) is 11.7. The quantitative estimate of drug-likeness (QED) is 0.800. The highest BCUT2D eigenvalue weighted by Crippen LogP contribution is 2.31. The molecular formula is C15H21N3. The van der Waals surface area contributed by atoms with Crippen molar-refractivity contribution in [2.45, 2.75) is 46.6 Å². The topological polar surface area (TPSA) is 39.9 Å². The van der Waals surface area contributed by atoms with Gasteiger partial charge in [-0.1, -0.05) is 13.8 Å².